The van der Waals surface area contributed by atoms with E-state index in [1.807, 2.05) is 45.0 Å². The molecule has 1 unspecified atom stereocenters. The molecule has 0 spiro atoms. The van der Waals surface area contributed by atoms with Crippen LogP contribution in [0.2, 0.25) is 0 Å². The van der Waals surface area contributed by atoms with Gasteiger partial charge in [0.25, 0.3) is 5.91 Å². The van der Waals surface area contributed by atoms with E-state index in [1.54, 1.807) is 12.1 Å². The number of hydrogen-bond donors (Lipinski definition) is 1. The van der Waals surface area contributed by atoms with Gasteiger partial charge in [-0.05, 0) is 100 Å². The van der Waals surface area contributed by atoms with Gasteiger partial charge in [-0.3, -0.25) is 9.69 Å². The van der Waals surface area contributed by atoms with E-state index in [1.165, 1.54) is 12.1 Å². The van der Waals surface area contributed by atoms with Crippen molar-refractivity contribution in [1.82, 2.24) is 10.2 Å². The minimum atomic E-state index is -0.269. The Labute approximate surface area is 225 Å². The molecule has 1 amide bonds. The SMILES string of the molecule is CCOc1cc(CN2CC[C@H]3C(NC(=O)c4cccc(C)c4)CC[C@H]32)cc(OCC)c1-c1ccc(F)cc1. The standard InChI is InChI=1S/C32H37FN2O3/c1-4-37-29-18-22(19-30(38-5-2)31(29)23-9-11-25(33)12-10-23)20-35-16-15-26-27(13-14-28(26)35)34-32(36)24-8-6-7-21(3)17-24/h6-12,17-19,26-28H,4-5,13-16,20H2,1-3H3,(H,34,36)/t26-,27?,28+/m0/s1. The molecular weight excluding hydrogens is 479 g/mol. The summed E-state index contributed by atoms with van der Waals surface area (Å²) in [4.78, 5) is 15.4. The summed E-state index contributed by atoms with van der Waals surface area (Å²) in [6, 6.07) is 19.1. The van der Waals surface area contributed by atoms with Crippen molar-refractivity contribution >= 4 is 5.91 Å². The fourth-order valence-corrected chi connectivity index (χ4v) is 6.20. The number of halogens is 1. The van der Waals surface area contributed by atoms with Gasteiger partial charge in [-0.1, -0.05) is 29.8 Å². The first-order valence-corrected chi connectivity index (χ1v) is 13.8. The van der Waals surface area contributed by atoms with E-state index in [-0.39, 0.29) is 17.8 Å². The van der Waals surface area contributed by atoms with Crippen molar-refractivity contribution in [2.75, 3.05) is 19.8 Å². The van der Waals surface area contributed by atoms with Crippen molar-refractivity contribution in [3.8, 4) is 22.6 Å². The number of fused-ring (bicyclic) bond motifs is 1. The van der Waals surface area contributed by atoms with Crippen LogP contribution in [0.15, 0.2) is 60.7 Å². The number of hydrogen-bond acceptors (Lipinski definition) is 4. The van der Waals surface area contributed by atoms with Crippen molar-refractivity contribution < 1.29 is 18.7 Å². The lowest BCUT2D eigenvalue weighted by Crippen LogP contribution is -2.39. The van der Waals surface area contributed by atoms with Crippen molar-refractivity contribution in [2.24, 2.45) is 5.92 Å². The highest BCUT2D eigenvalue weighted by Crippen LogP contribution is 2.43. The molecule has 1 saturated heterocycles. The summed E-state index contributed by atoms with van der Waals surface area (Å²) in [5, 5.41) is 3.33. The van der Waals surface area contributed by atoms with Crippen molar-refractivity contribution in [2.45, 2.75) is 58.7 Å². The van der Waals surface area contributed by atoms with Crippen molar-refractivity contribution in [3.63, 3.8) is 0 Å². The average molecular weight is 517 g/mol. The first-order chi connectivity index (χ1) is 18.5. The monoisotopic (exact) mass is 516 g/mol. The van der Waals surface area contributed by atoms with E-state index in [0.717, 1.165) is 71.7 Å². The molecule has 200 valence electrons. The molecule has 3 aromatic rings. The molecule has 2 aliphatic rings. The van der Waals surface area contributed by atoms with Gasteiger partial charge in [0.2, 0.25) is 0 Å². The normalized spacial score (nSPS) is 20.8. The van der Waals surface area contributed by atoms with Gasteiger partial charge < -0.3 is 14.8 Å². The Kier molecular flexibility index (Phi) is 7.98. The van der Waals surface area contributed by atoms with Crippen LogP contribution in [0.3, 0.4) is 0 Å². The number of nitrogens with zero attached hydrogens (tertiary/aromatic N) is 1. The molecule has 1 aliphatic carbocycles. The van der Waals surface area contributed by atoms with Crippen LogP contribution in [-0.2, 0) is 6.54 Å². The van der Waals surface area contributed by atoms with Crippen LogP contribution in [0.5, 0.6) is 11.5 Å². The number of ether oxygens (including phenoxy) is 2. The zero-order valence-electron chi connectivity index (χ0n) is 22.5. The Balaban J connectivity index is 1.33. The molecule has 3 aromatic carbocycles. The van der Waals surface area contributed by atoms with Crippen LogP contribution in [0.25, 0.3) is 11.1 Å². The first-order valence-electron chi connectivity index (χ1n) is 13.8. The van der Waals surface area contributed by atoms with Gasteiger partial charge in [0.1, 0.15) is 17.3 Å². The molecule has 3 atom stereocenters. The Morgan fingerprint density at radius 3 is 2.34 bits per heavy atom. The molecule has 0 aromatic heterocycles. The summed E-state index contributed by atoms with van der Waals surface area (Å²) in [5.41, 5.74) is 4.69. The molecular formula is C32H37FN2O3. The van der Waals surface area contributed by atoms with Crippen LogP contribution in [0, 0.1) is 18.7 Å². The number of amides is 1. The number of nitrogens with one attached hydrogen (secondary N) is 1. The number of aryl methyl sites for hydroxylation is 1. The molecule has 1 aliphatic heterocycles. The topological polar surface area (TPSA) is 50.8 Å². The van der Waals surface area contributed by atoms with E-state index >= 15 is 0 Å². The lowest BCUT2D eigenvalue weighted by Gasteiger charge is -2.26. The molecule has 38 heavy (non-hydrogen) atoms. The van der Waals surface area contributed by atoms with Crippen LogP contribution >= 0.6 is 0 Å². The number of carbonyl (C=O) groups is 1. The van der Waals surface area contributed by atoms with Gasteiger partial charge in [-0.2, -0.15) is 0 Å². The van der Waals surface area contributed by atoms with Gasteiger partial charge in [-0.15, -0.1) is 0 Å². The maximum Gasteiger partial charge on any atom is 0.251 e. The third-order valence-electron chi connectivity index (χ3n) is 7.84. The lowest BCUT2D eigenvalue weighted by atomic mass is 9.99. The van der Waals surface area contributed by atoms with E-state index in [0.29, 0.717) is 25.2 Å². The molecule has 0 radical (unpaired) electrons. The maximum absolute atomic E-state index is 13.6. The second-order valence-electron chi connectivity index (χ2n) is 10.4. The summed E-state index contributed by atoms with van der Waals surface area (Å²) >= 11 is 0. The third-order valence-corrected chi connectivity index (χ3v) is 7.84. The summed E-state index contributed by atoms with van der Waals surface area (Å²) < 4.78 is 25.8. The number of benzene rings is 3. The van der Waals surface area contributed by atoms with Crippen LogP contribution < -0.4 is 14.8 Å². The molecule has 5 nitrogen and oxygen atoms in total. The van der Waals surface area contributed by atoms with E-state index in [4.69, 9.17) is 9.47 Å². The predicted molar refractivity (Wildman–Crippen MR) is 148 cm³/mol. The van der Waals surface area contributed by atoms with Crippen LogP contribution in [0.1, 0.15) is 54.6 Å². The van der Waals surface area contributed by atoms with Crippen molar-refractivity contribution in [3.05, 3.63) is 83.2 Å². The molecule has 2 fully saturated rings. The minimum absolute atomic E-state index is 0.0249. The highest BCUT2D eigenvalue weighted by Gasteiger charge is 2.44. The Morgan fingerprint density at radius 2 is 1.68 bits per heavy atom. The zero-order chi connectivity index (χ0) is 26.6. The quantitative estimate of drug-likeness (QED) is 0.359. The second-order valence-corrected chi connectivity index (χ2v) is 10.4. The number of carbonyl (C=O) groups excluding carboxylic acids is 1. The van der Waals surface area contributed by atoms with Gasteiger partial charge in [-0.25, -0.2) is 4.39 Å². The molecule has 0 bridgehead atoms. The summed E-state index contributed by atoms with van der Waals surface area (Å²) in [6.07, 6.45) is 3.16. The first kappa shape index (κ1) is 26.2. The van der Waals surface area contributed by atoms with Crippen LogP contribution in [0.4, 0.5) is 4.39 Å². The van der Waals surface area contributed by atoms with Gasteiger partial charge in [0, 0.05) is 24.2 Å². The van der Waals surface area contributed by atoms with Crippen LogP contribution in [-0.4, -0.2) is 42.6 Å². The van der Waals surface area contributed by atoms with E-state index in [2.05, 4.69) is 22.3 Å². The zero-order valence-corrected chi connectivity index (χ0v) is 22.5. The molecule has 1 N–H and O–H groups in total. The fourth-order valence-electron chi connectivity index (χ4n) is 6.20. The summed E-state index contributed by atoms with van der Waals surface area (Å²) in [6.45, 7) is 8.80. The van der Waals surface area contributed by atoms with Gasteiger partial charge in [0.15, 0.2) is 0 Å². The Bertz CT molecular complexity index is 1250. The molecule has 6 heteroatoms. The Morgan fingerprint density at radius 1 is 0.974 bits per heavy atom. The Hall–Kier alpha value is -3.38. The second kappa shape index (κ2) is 11.6. The lowest BCUT2D eigenvalue weighted by molar-refractivity contribution is 0.0926. The average Bonchev–Trinajstić information content (AvgIpc) is 3.48. The molecule has 1 saturated carbocycles. The predicted octanol–water partition coefficient (Wildman–Crippen LogP) is 6.38. The maximum atomic E-state index is 13.6. The number of likely N-dealkylation sites (tertiary alicyclic amines) is 1. The van der Waals surface area contributed by atoms with Crippen molar-refractivity contribution in [1.29, 1.82) is 0 Å². The highest BCUT2D eigenvalue weighted by atomic mass is 19.1. The van der Waals surface area contributed by atoms with E-state index < -0.39 is 0 Å². The third kappa shape index (κ3) is 5.56. The molecule has 1 heterocycles. The van der Waals surface area contributed by atoms with E-state index in [9.17, 15) is 9.18 Å². The summed E-state index contributed by atoms with van der Waals surface area (Å²) in [5.74, 6) is 1.72. The fraction of sp³-hybridized carbons (Fsp3) is 0.406. The van der Waals surface area contributed by atoms with Gasteiger partial charge in [0.05, 0.1) is 18.8 Å². The number of rotatable bonds is 9. The minimum Gasteiger partial charge on any atom is -0.493 e. The largest absolute Gasteiger partial charge is 0.493 e. The molecule has 5 rings (SSSR count). The van der Waals surface area contributed by atoms with Gasteiger partial charge >= 0.3 is 0 Å². The summed E-state index contributed by atoms with van der Waals surface area (Å²) in [7, 11) is 0. The highest BCUT2D eigenvalue weighted by molar-refractivity contribution is 5.94. The smallest absolute Gasteiger partial charge is 0.251 e.